The largest absolute Gasteiger partial charge is 0.480 e. The SMILES string of the molecule is CCOc1cncc(N2CCC(C)C2C(=O)O)n1. The van der Waals surface area contributed by atoms with Gasteiger partial charge in [0.25, 0.3) is 0 Å². The van der Waals surface area contributed by atoms with Gasteiger partial charge in [-0.1, -0.05) is 6.92 Å². The molecule has 0 aromatic carbocycles. The summed E-state index contributed by atoms with van der Waals surface area (Å²) >= 11 is 0. The molecule has 0 amide bonds. The standard InChI is InChI=1S/C12H17N3O3/c1-3-18-10-7-13-6-9(14-10)15-5-4-8(2)11(15)12(16)17/h6-8,11H,3-5H2,1-2H3,(H,16,17). The fraction of sp³-hybridized carbons (Fsp3) is 0.583. The molecule has 98 valence electrons. The van der Waals surface area contributed by atoms with Gasteiger partial charge < -0.3 is 14.7 Å². The highest BCUT2D eigenvalue weighted by Gasteiger charge is 2.37. The van der Waals surface area contributed by atoms with Gasteiger partial charge in [-0.05, 0) is 19.3 Å². The fourth-order valence-corrected chi connectivity index (χ4v) is 2.27. The van der Waals surface area contributed by atoms with Gasteiger partial charge in [-0.15, -0.1) is 0 Å². The van der Waals surface area contributed by atoms with Crippen molar-refractivity contribution in [3.8, 4) is 5.88 Å². The summed E-state index contributed by atoms with van der Waals surface area (Å²) in [6, 6.07) is -0.531. The summed E-state index contributed by atoms with van der Waals surface area (Å²) in [5, 5.41) is 9.27. The number of anilines is 1. The number of ether oxygens (including phenoxy) is 1. The van der Waals surface area contributed by atoms with Crippen LogP contribution in [0.4, 0.5) is 5.82 Å². The number of carbonyl (C=O) groups is 1. The minimum Gasteiger partial charge on any atom is -0.480 e. The van der Waals surface area contributed by atoms with E-state index in [9.17, 15) is 9.90 Å². The summed E-state index contributed by atoms with van der Waals surface area (Å²) in [4.78, 5) is 21.4. The molecular weight excluding hydrogens is 234 g/mol. The van der Waals surface area contributed by atoms with Crippen molar-refractivity contribution in [2.45, 2.75) is 26.3 Å². The predicted molar refractivity (Wildman–Crippen MR) is 65.8 cm³/mol. The normalized spacial score (nSPS) is 23.1. The fourth-order valence-electron chi connectivity index (χ4n) is 2.27. The maximum atomic E-state index is 11.3. The molecule has 0 bridgehead atoms. The smallest absolute Gasteiger partial charge is 0.326 e. The van der Waals surface area contributed by atoms with Crippen LogP contribution in [-0.2, 0) is 4.79 Å². The average molecular weight is 251 g/mol. The first-order chi connectivity index (χ1) is 8.63. The van der Waals surface area contributed by atoms with Crippen molar-refractivity contribution in [3.63, 3.8) is 0 Å². The van der Waals surface area contributed by atoms with Crippen LogP contribution in [0.25, 0.3) is 0 Å². The molecular formula is C12H17N3O3. The molecule has 2 atom stereocenters. The van der Waals surface area contributed by atoms with E-state index in [1.54, 1.807) is 11.1 Å². The van der Waals surface area contributed by atoms with E-state index >= 15 is 0 Å². The molecule has 1 aromatic heterocycles. The van der Waals surface area contributed by atoms with Crippen molar-refractivity contribution in [1.82, 2.24) is 9.97 Å². The van der Waals surface area contributed by atoms with Gasteiger partial charge in [-0.25, -0.2) is 4.79 Å². The zero-order valence-corrected chi connectivity index (χ0v) is 10.5. The van der Waals surface area contributed by atoms with Crippen LogP contribution < -0.4 is 9.64 Å². The lowest BCUT2D eigenvalue weighted by molar-refractivity contribution is -0.139. The Hall–Kier alpha value is -1.85. The third-order valence-electron chi connectivity index (χ3n) is 3.14. The van der Waals surface area contributed by atoms with Gasteiger partial charge in [0.15, 0.2) is 5.82 Å². The van der Waals surface area contributed by atoms with Crippen molar-refractivity contribution in [1.29, 1.82) is 0 Å². The van der Waals surface area contributed by atoms with Gasteiger partial charge in [0.2, 0.25) is 5.88 Å². The molecule has 6 heteroatoms. The molecule has 1 aliphatic rings. The Bertz CT molecular complexity index is 438. The van der Waals surface area contributed by atoms with Crippen LogP contribution in [0, 0.1) is 5.92 Å². The maximum absolute atomic E-state index is 11.3. The molecule has 2 heterocycles. The Morgan fingerprint density at radius 3 is 3.06 bits per heavy atom. The molecule has 1 aromatic rings. The third kappa shape index (κ3) is 2.37. The summed E-state index contributed by atoms with van der Waals surface area (Å²) < 4.78 is 5.28. The summed E-state index contributed by atoms with van der Waals surface area (Å²) in [5.74, 6) is 0.292. The number of nitrogens with zero attached hydrogens (tertiary/aromatic N) is 3. The maximum Gasteiger partial charge on any atom is 0.326 e. The summed E-state index contributed by atoms with van der Waals surface area (Å²) in [5.41, 5.74) is 0. The first-order valence-electron chi connectivity index (χ1n) is 6.07. The molecule has 1 N–H and O–H groups in total. The van der Waals surface area contributed by atoms with E-state index in [4.69, 9.17) is 4.74 Å². The molecule has 0 spiro atoms. The first kappa shape index (κ1) is 12.6. The minimum absolute atomic E-state index is 0.111. The highest BCUT2D eigenvalue weighted by molar-refractivity contribution is 5.78. The Balaban J connectivity index is 2.25. The quantitative estimate of drug-likeness (QED) is 0.865. The number of carboxylic acid groups (broad SMARTS) is 1. The topological polar surface area (TPSA) is 75.5 Å². The molecule has 0 aliphatic carbocycles. The van der Waals surface area contributed by atoms with E-state index < -0.39 is 12.0 Å². The van der Waals surface area contributed by atoms with Crippen LogP contribution in [0.3, 0.4) is 0 Å². The Kier molecular flexibility index (Phi) is 3.64. The van der Waals surface area contributed by atoms with Gasteiger partial charge in [0.1, 0.15) is 6.04 Å². The van der Waals surface area contributed by atoms with Crippen LogP contribution >= 0.6 is 0 Å². The van der Waals surface area contributed by atoms with Crippen molar-refractivity contribution >= 4 is 11.8 Å². The van der Waals surface area contributed by atoms with E-state index in [-0.39, 0.29) is 5.92 Å². The van der Waals surface area contributed by atoms with Crippen LogP contribution in [0.15, 0.2) is 12.4 Å². The molecule has 2 unspecified atom stereocenters. The van der Waals surface area contributed by atoms with Crippen LogP contribution in [0.2, 0.25) is 0 Å². The second-order valence-corrected chi connectivity index (χ2v) is 4.39. The number of carboxylic acids is 1. The lowest BCUT2D eigenvalue weighted by Crippen LogP contribution is -2.39. The summed E-state index contributed by atoms with van der Waals surface area (Å²) in [6.07, 6.45) is 3.95. The lowest BCUT2D eigenvalue weighted by Gasteiger charge is -2.24. The zero-order chi connectivity index (χ0) is 13.1. The van der Waals surface area contributed by atoms with Gasteiger partial charge in [0.05, 0.1) is 19.0 Å². The van der Waals surface area contributed by atoms with Crippen molar-refractivity contribution < 1.29 is 14.6 Å². The van der Waals surface area contributed by atoms with Gasteiger partial charge >= 0.3 is 5.97 Å². The predicted octanol–water partition coefficient (Wildman–Crippen LogP) is 1.17. The van der Waals surface area contributed by atoms with Crippen LogP contribution in [0.1, 0.15) is 20.3 Å². The Morgan fingerprint density at radius 2 is 2.39 bits per heavy atom. The van der Waals surface area contributed by atoms with E-state index in [0.717, 1.165) is 6.42 Å². The number of hydrogen-bond donors (Lipinski definition) is 1. The highest BCUT2D eigenvalue weighted by atomic mass is 16.5. The molecule has 6 nitrogen and oxygen atoms in total. The van der Waals surface area contributed by atoms with Gasteiger partial charge in [0, 0.05) is 6.54 Å². The van der Waals surface area contributed by atoms with E-state index in [0.29, 0.717) is 24.8 Å². The number of hydrogen-bond acceptors (Lipinski definition) is 5. The van der Waals surface area contributed by atoms with Gasteiger partial charge in [-0.3, -0.25) is 4.98 Å². The molecule has 1 fully saturated rings. The van der Waals surface area contributed by atoms with Crippen LogP contribution in [0.5, 0.6) is 5.88 Å². The zero-order valence-electron chi connectivity index (χ0n) is 10.5. The Morgan fingerprint density at radius 1 is 1.61 bits per heavy atom. The molecule has 0 radical (unpaired) electrons. The van der Waals surface area contributed by atoms with Crippen LogP contribution in [-0.4, -0.2) is 40.2 Å². The van der Waals surface area contributed by atoms with Gasteiger partial charge in [-0.2, -0.15) is 4.98 Å². The number of rotatable bonds is 4. The van der Waals surface area contributed by atoms with E-state index in [1.165, 1.54) is 6.20 Å². The molecule has 0 saturated carbocycles. The summed E-state index contributed by atoms with van der Waals surface area (Å²) in [6.45, 7) is 5.00. The van der Waals surface area contributed by atoms with E-state index in [2.05, 4.69) is 9.97 Å². The molecule has 1 saturated heterocycles. The highest BCUT2D eigenvalue weighted by Crippen LogP contribution is 2.28. The molecule has 2 rings (SSSR count). The minimum atomic E-state index is -0.816. The van der Waals surface area contributed by atoms with Crippen molar-refractivity contribution in [2.75, 3.05) is 18.1 Å². The molecule has 1 aliphatic heterocycles. The summed E-state index contributed by atoms with van der Waals surface area (Å²) in [7, 11) is 0. The third-order valence-corrected chi connectivity index (χ3v) is 3.14. The number of aromatic nitrogens is 2. The second-order valence-electron chi connectivity index (χ2n) is 4.39. The van der Waals surface area contributed by atoms with Crippen molar-refractivity contribution in [2.24, 2.45) is 5.92 Å². The number of aliphatic carboxylic acids is 1. The first-order valence-corrected chi connectivity index (χ1v) is 6.07. The average Bonchev–Trinajstić information content (AvgIpc) is 2.72. The van der Waals surface area contributed by atoms with E-state index in [1.807, 2.05) is 13.8 Å². The second kappa shape index (κ2) is 5.20. The van der Waals surface area contributed by atoms with Crippen molar-refractivity contribution in [3.05, 3.63) is 12.4 Å². The lowest BCUT2D eigenvalue weighted by atomic mass is 10.0. The molecule has 18 heavy (non-hydrogen) atoms. The Labute approximate surface area is 106 Å². The monoisotopic (exact) mass is 251 g/mol.